The lowest BCUT2D eigenvalue weighted by Crippen LogP contribution is -2.57. The minimum absolute atomic E-state index is 0.114. The van der Waals surface area contributed by atoms with Crippen molar-refractivity contribution in [2.45, 2.75) is 31.2 Å². The molecule has 4 aromatic rings. The van der Waals surface area contributed by atoms with Crippen LogP contribution in [0.2, 0.25) is 5.02 Å². The number of ketones is 1. The van der Waals surface area contributed by atoms with Gasteiger partial charge in [0.05, 0.1) is 22.4 Å². The molecule has 4 aromatic carbocycles. The molecule has 3 aliphatic carbocycles. The normalized spacial score (nSPS) is 22.3. The summed E-state index contributed by atoms with van der Waals surface area (Å²) in [4.78, 5) is 57.4. The van der Waals surface area contributed by atoms with Gasteiger partial charge in [-0.05, 0) is 40.8 Å². The van der Waals surface area contributed by atoms with Gasteiger partial charge in [0.2, 0.25) is 0 Å². The van der Waals surface area contributed by atoms with Crippen LogP contribution >= 0.6 is 11.6 Å². The van der Waals surface area contributed by atoms with Gasteiger partial charge in [-0.1, -0.05) is 110 Å². The van der Waals surface area contributed by atoms with Crippen LogP contribution in [0.3, 0.4) is 0 Å². The van der Waals surface area contributed by atoms with Crippen LogP contribution in [0.25, 0.3) is 0 Å². The molecule has 7 heteroatoms. The van der Waals surface area contributed by atoms with Gasteiger partial charge in [-0.2, -0.15) is 5.01 Å². The Balaban J connectivity index is 1.39. The molecule has 0 spiro atoms. The van der Waals surface area contributed by atoms with Crippen molar-refractivity contribution in [2.75, 3.05) is 0 Å². The van der Waals surface area contributed by atoms with Crippen molar-refractivity contribution in [2.24, 2.45) is 11.8 Å². The zero-order chi connectivity index (χ0) is 29.1. The summed E-state index contributed by atoms with van der Waals surface area (Å²) in [7, 11) is 0. The molecule has 4 aliphatic rings. The van der Waals surface area contributed by atoms with Crippen LogP contribution in [0.1, 0.15) is 68.2 Å². The third kappa shape index (κ3) is 3.71. The Hall–Kier alpha value is -4.55. The van der Waals surface area contributed by atoms with Crippen molar-refractivity contribution < 1.29 is 19.2 Å². The third-order valence-electron chi connectivity index (χ3n) is 9.00. The molecule has 6 nitrogen and oxygen atoms in total. The highest BCUT2D eigenvalue weighted by Crippen LogP contribution is 2.61. The Morgan fingerprint density at radius 1 is 0.714 bits per heavy atom. The average molecular weight is 575 g/mol. The number of imide groups is 1. The van der Waals surface area contributed by atoms with E-state index in [2.05, 4.69) is 0 Å². The van der Waals surface area contributed by atoms with E-state index >= 15 is 0 Å². The number of amides is 3. The van der Waals surface area contributed by atoms with Gasteiger partial charge in [0.25, 0.3) is 17.7 Å². The van der Waals surface area contributed by atoms with E-state index in [-0.39, 0.29) is 34.6 Å². The molecule has 3 amide bonds. The molecule has 0 saturated carbocycles. The van der Waals surface area contributed by atoms with Gasteiger partial charge in [-0.25, -0.2) is 5.01 Å². The maximum Gasteiger partial charge on any atom is 0.275 e. The summed E-state index contributed by atoms with van der Waals surface area (Å²) in [5.41, 5.74) is 4.62. The zero-order valence-electron chi connectivity index (χ0n) is 22.8. The largest absolute Gasteiger partial charge is 0.292 e. The Labute approximate surface area is 248 Å². The number of benzene rings is 4. The predicted molar refractivity (Wildman–Crippen MR) is 158 cm³/mol. The van der Waals surface area contributed by atoms with E-state index in [1.165, 1.54) is 0 Å². The number of hydrogen-bond donors (Lipinski definition) is 0. The Morgan fingerprint density at radius 3 is 1.64 bits per heavy atom. The fraction of sp³-hybridized carbons (Fsp3) is 0.200. The predicted octanol–water partition coefficient (Wildman–Crippen LogP) is 6.25. The molecule has 208 valence electrons. The molecule has 1 fully saturated rings. The summed E-state index contributed by atoms with van der Waals surface area (Å²) < 4.78 is 0. The molecular formula is C35H27ClN2O4. The quantitative estimate of drug-likeness (QED) is 0.201. The second kappa shape index (κ2) is 10.1. The SMILES string of the molecule is CC[C@H](C(=O)c1ccccc1)N(C(=O)c1ccccc1Cl)N1C(=O)[C@@H]2C3c4ccccc4C(c4ccccc43)[C@H]2C1=O. The smallest absolute Gasteiger partial charge is 0.275 e. The van der Waals surface area contributed by atoms with Gasteiger partial charge in [-0.15, -0.1) is 0 Å². The summed E-state index contributed by atoms with van der Waals surface area (Å²) in [6.07, 6.45) is 0.184. The first-order valence-corrected chi connectivity index (χ1v) is 14.5. The number of hydrogen-bond acceptors (Lipinski definition) is 4. The summed E-state index contributed by atoms with van der Waals surface area (Å²) >= 11 is 6.47. The minimum atomic E-state index is -1.10. The molecule has 3 atom stereocenters. The van der Waals surface area contributed by atoms with Gasteiger partial charge >= 0.3 is 0 Å². The number of hydrazine groups is 1. The molecule has 0 radical (unpaired) electrons. The maximum atomic E-state index is 14.6. The standard InChI is InChI=1S/C35H27ClN2O4/c1-2-27(32(39)20-12-4-3-5-13-20)37(33(40)25-18-10-11-19-26(25)36)38-34(41)30-28-21-14-6-7-15-22(21)29(31(30)35(38)42)24-17-9-8-16-23(24)28/h3-19,27-31H,2H2,1H3/t27-,28?,29?,30-,31-/m1/s1. The summed E-state index contributed by atoms with van der Waals surface area (Å²) in [5, 5.41) is 2.24. The third-order valence-corrected chi connectivity index (χ3v) is 9.33. The fourth-order valence-corrected chi connectivity index (χ4v) is 7.48. The van der Waals surface area contributed by atoms with Crippen LogP contribution in [0.4, 0.5) is 0 Å². The van der Waals surface area contributed by atoms with E-state index in [4.69, 9.17) is 11.6 Å². The molecule has 42 heavy (non-hydrogen) atoms. The highest BCUT2D eigenvalue weighted by molar-refractivity contribution is 6.34. The Morgan fingerprint density at radius 2 is 1.17 bits per heavy atom. The summed E-state index contributed by atoms with van der Waals surface area (Å²) in [6, 6.07) is 29.9. The summed E-state index contributed by atoms with van der Waals surface area (Å²) in [5.74, 6) is -4.03. The van der Waals surface area contributed by atoms with Crippen molar-refractivity contribution >= 4 is 35.1 Å². The van der Waals surface area contributed by atoms with Crippen LogP contribution < -0.4 is 0 Å². The van der Waals surface area contributed by atoms with Crippen LogP contribution in [0, 0.1) is 11.8 Å². The molecule has 0 aromatic heterocycles. The van der Waals surface area contributed by atoms with Crippen LogP contribution in [-0.4, -0.2) is 39.6 Å². The molecule has 1 heterocycles. The molecule has 2 bridgehead atoms. The number of carbonyl (C=O) groups is 4. The number of nitrogens with zero attached hydrogens (tertiary/aromatic N) is 2. The second-order valence-electron chi connectivity index (χ2n) is 11.0. The molecule has 8 rings (SSSR count). The summed E-state index contributed by atoms with van der Waals surface area (Å²) in [6.45, 7) is 1.77. The van der Waals surface area contributed by atoms with Crippen molar-refractivity contribution in [1.82, 2.24) is 10.0 Å². The van der Waals surface area contributed by atoms with Crippen LogP contribution in [0.15, 0.2) is 103 Å². The van der Waals surface area contributed by atoms with Crippen molar-refractivity contribution in [3.63, 3.8) is 0 Å². The highest BCUT2D eigenvalue weighted by atomic mass is 35.5. The minimum Gasteiger partial charge on any atom is -0.292 e. The zero-order valence-corrected chi connectivity index (χ0v) is 23.6. The maximum absolute atomic E-state index is 14.6. The topological polar surface area (TPSA) is 74.8 Å². The number of carbonyl (C=O) groups excluding carboxylic acids is 4. The number of halogens is 1. The first-order chi connectivity index (χ1) is 20.4. The first kappa shape index (κ1) is 26.4. The van der Waals surface area contributed by atoms with Gasteiger partial charge in [0.15, 0.2) is 5.78 Å². The van der Waals surface area contributed by atoms with Crippen molar-refractivity contribution in [1.29, 1.82) is 0 Å². The number of Topliss-reactive ketones (excluding diaryl/α,β-unsaturated/α-hetero) is 1. The van der Waals surface area contributed by atoms with E-state index in [1.54, 1.807) is 61.5 Å². The van der Waals surface area contributed by atoms with Crippen molar-refractivity contribution in [3.8, 4) is 0 Å². The van der Waals surface area contributed by atoms with E-state index in [9.17, 15) is 19.2 Å². The van der Waals surface area contributed by atoms with E-state index in [1.807, 2.05) is 48.5 Å². The molecular weight excluding hydrogens is 548 g/mol. The Bertz CT molecular complexity index is 1650. The lowest BCUT2D eigenvalue weighted by molar-refractivity contribution is -0.156. The Kier molecular flexibility index (Phi) is 6.32. The molecule has 1 saturated heterocycles. The van der Waals surface area contributed by atoms with Crippen LogP contribution in [0.5, 0.6) is 0 Å². The van der Waals surface area contributed by atoms with E-state index < -0.39 is 35.6 Å². The average Bonchev–Trinajstić information content (AvgIpc) is 3.29. The highest BCUT2D eigenvalue weighted by Gasteiger charge is 2.63. The monoisotopic (exact) mass is 574 g/mol. The fourth-order valence-electron chi connectivity index (χ4n) is 7.27. The number of rotatable bonds is 6. The van der Waals surface area contributed by atoms with Crippen molar-refractivity contribution in [3.05, 3.63) is 142 Å². The second-order valence-corrected chi connectivity index (χ2v) is 11.4. The van der Waals surface area contributed by atoms with Gasteiger partial charge in [0, 0.05) is 17.4 Å². The van der Waals surface area contributed by atoms with Crippen LogP contribution in [-0.2, 0) is 9.59 Å². The molecule has 0 N–H and O–H groups in total. The van der Waals surface area contributed by atoms with Gasteiger partial charge in [-0.3, -0.25) is 19.2 Å². The van der Waals surface area contributed by atoms with E-state index in [0.29, 0.717) is 5.56 Å². The molecule has 1 aliphatic heterocycles. The van der Waals surface area contributed by atoms with Gasteiger partial charge < -0.3 is 0 Å². The first-order valence-electron chi connectivity index (χ1n) is 14.2. The lowest BCUT2D eigenvalue weighted by Gasteiger charge is -2.45. The van der Waals surface area contributed by atoms with Gasteiger partial charge in [0.1, 0.15) is 6.04 Å². The lowest BCUT2D eigenvalue weighted by atomic mass is 9.55. The van der Waals surface area contributed by atoms with E-state index in [0.717, 1.165) is 32.3 Å². The molecule has 0 unspecified atom stereocenters.